The molecule has 2 aromatic carbocycles. The van der Waals surface area contributed by atoms with Crippen molar-refractivity contribution < 1.29 is 9.90 Å². The molecule has 0 unspecified atom stereocenters. The maximum absolute atomic E-state index is 11.3. The van der Waals surface area contributed by atoms with E-state index < -0.39 is 5.97 Å². The zero-order valence-corrected chi connectivity index (χ0v) is 12.8. The van der Waals surface area contributed by atoms with Gasteiger partial charge in [-0.1, -0.05) is 17.7 Å². The van der Waals surface area contributed by atoms with Gasteiger partial charge in [0.1, 0.15) is 5.52 Å². The second kappa shape index (κ2) is 5.63. The third-order valence-corrected chi connectivity index (χ3v) is 3.88. The van der Waals surface area contributed by atoms with E-state index in [-0.39, 0.29) is 11.1 Å². The fourth-order valence-electron chi connectivity index (χ4n) is 2.27. The van der Waals surface area contributed by atoms with Gasteiger partial charge in [-0.3, -0.25) is 0 Å². The molecule has 114 valence electrons. The van der Waals surface area contributed by atoms with Crippen molar-refractivity contribution in [1.29, 1.82) is 5.26 Å². The number of nitriles is 1. The smallest absolute Gasteiger partial charge is 0.338 e. The summed E-state index contributed by atoms with van der Waals surface area (Å²) in [6.45, 7) is 1.86. The number of aromatic nitrogens is 2. The van der Waals surface area contributed by atoms with E-state index in [2.05, 4.69) is 15.3 Å². The standard InChI is InChI=1S/C16H11ClN4O2/c1-8-11(17)3-2-4-12(8)19-16-20-13-6-9(7-18)5-10(15(22)23)14(13)21-16/h2-6H,1H3,(H,22,23)(H2,19,20,21). The van der Waals surface area contributed by atoms with Gasteiger partial charge in [-0.05, 0) is 36.8 Å². The Bertz CT molecular complexity index is 972. The molecule has 0 spiro atoms. The molecule has 0 saturated carbocycles. The molecule has 0 atom stereocenters. The highest BCUT2D eigenvalue weighted by Gasteiger charge is 2.15. The Morgan fingerprint density at radius 2 is 2.22 bits per heavy atom. The van der Waals surface area contributed by atoms with Gasteiger partial charge in [0.15, 0.2) is 0 Å². The summed E-state index contributed by atoms with van der Waals surface area (Å²) < 4.78 is 0. The number of hydrogen-bond donors (Lipinski definition) is 3. The van der Waals surface area contributed by atoms with Crippen molar-refractivity contribution in [2.75, 3.05) is 5.32 Å². The molecule has 0 radical (unpaired) electrons. The number of nitrogens with one attached hydrogen (secondary N) is 2. The van der Waals surface area contributed by atoms with Crippen molar-refractivity contribution in [3.05, 3.63) is 52.0 Å². The van der Waals surface area contributed by atoms with Gasteiger partial charge in [0, 0.05) is 10.7 Å². The lowest BCUT2D eigenvalue weighted by Gasteiger charge is -2.07. The summed E-state index contributed by atoms with van der Waals surface area (Å²) in [4.78, 5) is 18.6. The number of carboxylic acid groups (broad SMARTS) is 1. The maximum atomic E-state index is 11.3. The zero-order chi connectivity index (χ0) is 16.6. The molecule has 0 saturated heterocycles. The molecule has 0 aliphatic heterocycles. The number of aromatic amines is 1. The molecule has 0 aliphatic carbocycles. The number of benzene rings is 2. The Labute approximate surface area is 136 Å². The van der Waals surface area contributed by atoms with Crippen molar-refractivity contribution in [3.8, 4) is 6.07 Å². The molecule has 1 heterocycles. The van der Waals surface area contributed by atoms with Crippen LogP contribution in [0, 0.1) is 18.3 Å². The van der Waals surface area contributed by atoms with E-state index in [9.17, 15) is 9.90 Å². The fraction of sp³-hybridized carbons (Fsp3) is 0.0625. The number of carbonyl (C=O) groups is 1. The van der Waals surface area contributed by atoms with E-state index in [4.69, 9.17) is 16.9 Å². The maximum Gasteiger partial charge on any atom is 0.338 e. The van der Waals surface area contributed by atoms with Crippen LogP contribution in [0.1, 0.15) is 21.5 Å². The second-order valence-electron chi connectivity index (χ2n) is 4.96. The lowest BCUT2D eigenvalue weighted by molar-refractivity contribution is 0.0699. The van der Waals surface area contributed by atoms with E-state index >= 15 is 0 Å². The topological polar surface area (TPSA) is 102 Å². The number of anilines is 2. The minimum atomic E-state index is -1.14. The molecule has 6 nitrogen and oxygen atoms in total. The Morgan fingerprint density at radius 3 is 2.91 bits per heavy atom. The number of hydrogen-bond acceptors (Lipinski definition) is 4. The van der Waals surface area contributed by atoms with Gasteiger partial charge in [-0.25, -0.2) is 9.78 Å². The molecule has 0 bridgehead atoms. The van der Waals surface area contributed by atoms with Crippen LogP contribution in [0.2, 0.25) is 5.02 Å². The molecule has 0 aliphatic rings. The SMILES string of the molecule is Cc1c(Cl)cccc1Nc1nc2c(C(=O)O)cc(C#N)cc2[nH]1. The summed E-state index contributed by atoms with van der Waals surface area (Å²) in [5.41, 5.74) is 2.61. The van der Waals surface area contributed by atoms with Gasteiger partial charge in [0.2, 0.25) is 5.95 Å². The number of H-pyrrole nitrogens is 1. The van der Waals surface area contributed by atoms with E-state index in [1.807, 2.05) is 19.1 Å². The fourth-order valence-corrected chi connectivity index (χ4v) is 2.45. The molecule has 3 N–H and O–H groups in total. The normalized spacial score (nSPS) is 10.5. The number of aromatic carboxylic acids is 1. The van der Waals surface area contributed by atoms with E-state index in [1.54, 1.807) is 18.2 Å². The Kier molecular flexibility index (Phi) is 3.64. The highest BCUT2D eigenvalue weighted by atomic mass is 35.5. The quantitative estimate of drug-likeness (QED) is 0.678. The summed E-state index contributed by atoms with van der Waals surface area (Å²) in [6.07, 6.45) is 0. The van der Waals surface area contributed by atoms with Crippen LogP contribution in [0.15, 0.2) is 30.3 Å². The van der Waals surface area contributed by atoms with Crippen molar-refractivity contribution in [2.45, 2.75) is 6.92 Å². The number of nitrogens with zero attached hydrogens (tertiary/aromatic N) is 2. The van der Waals surface area contributed by atoms with Crippen LogP contribution in [0.5, 0.6) is 0 Å². The summed E-state index contributed by atoms with van der Waals surface area (Å²) >= 11 is 6.08. The summed E-state index contributed by atoms with van der Waals surface area (Å²) in [6, 6.07) is 10.2. The Morgan fingerprint density at radius 1 is 1.43 bits per heavy atom. The van der Waals surface area contributed by atoms with Crippen molar-refractivity contribution >= 4 is 40.2 Å². The van der Waals surface area contributed by atoms with Crippen molar-refractivity contribution in [2.24, 2.45) is 0 Å². The summed E-state index contributed by atoms with van der Waals surface area (Å²) in [5, 5.41) is 22.0. The van der Waals surface area contributed by atoms with Crippen LogP contribution in [0.3, 0.4) is 0 Å². The van der Waals surface area contributed by atoms with Gasteiger partial charge in [-0.2, -0.15) is 5.26 Å². The zero-order valence-electron chi connectivity index (χ0n) is 12.0. The summed E-state index contributed by atoms with van der Waals surface area (Å²) in [5.74, 6) is -0.757. The lowest BCUT2D eigenvalue weighted by Crippen LogP contribution is -1.98. The monoisotopic (exact) mass is 326 g/mol. The number of fused-ring (bicyclic) bond motifs is 1. The van der Waals surface area contributed by atoms with E-state index in [1.165, 1.54) is 6.07 Å². The molecular formula is C16H11ClN4O2. The average Bonchev–Trinajstić information content (AvgIpc) is 2.92. The first-order valence-electron chi connectivity index (χ1n) is 6.69. The number of rotatable bonds is 3. The Balaban J connectivity index is 2.10. The molecule has 0 fully saturated rings. The first kappa shape index (κ1) is 14.9. The van der Waals surface area contributed by atoms with Crippen LogP contribution in [0.25, 0.3) is 11.0 Å². The number of carboxylic acids is 1. The van der Waals surface area contributed by atoms with Gasteiger partial charge in [0.25, 0.3) is 0 Å². The van der Waals surface area contributed by atoms with E-state index in [0.717, 1.165) is 11.3 Å². The van der Waals surface area contributed by atoms with Crippen molar-refractivity contribution in [1.82, 2.24) is 9.97 Å². The molecule has 1 aromatic heterocycles. The molecule has 0 amide bonds. The Hall–Kier alpha value is -3.04. The second-order valence-corrected chi connectivity index (χ2v) is 5.37. The van der Waals surface area contributed by atoms with Crippen LogP contribution in [-0.2, 0) is 0 Å². The highest BCUT2D eigenvalue weighted by molar-refractivity contribution is 6.31. The largest absolute Gasteiger partial charge is 0.478 e. The highest BCUT2D eigenvalue weighted by Crippen LogP contribution is 2.27. The molecular weight excluding hydrogens is 316 g/mol. The van der Waals surface area contributed by atoms with Crippen LogP contribution in [0.4, 0.5) is 11.6 Å². The van der Waals surface area contributed by atoms with Crippen molar-refractivity contribution in [3.63, 3.8) is 0 Å². The minimum absolute atomic E-state index is 0.0221. The first-order valence-corrected chi connectivity index (χ1v) is 7.06. The van der Waals surface area contributed by atoms with Gasteiger partial charge in [0.05, 0.1) is 22.7 Å². The van der Waals surface area contributed by atoms with Crippen LogP contribution >= 0.6 is 11.6 Å². The molecule has 23 heavy (non-hydrogen) atoms. The first-order chi connectivity index (χ1) is 11.0. The third kappa shape index (κ3) is 2.70. The number of imidazole rings is 1. The van der Waals surface area contributed by atoms with Gasteiger partial charge in [-0.15, -0.1) is 0 Å². The molecule has 3 aromatic rings. The molecule has 7 heteroatoms. The van der Waals surface area contributed by atoms with Gasteiger partial charge >= 0.3 is 5.97 Å². The van der Waals surface area contributed by atoms with Crippen LogP contribution < -0.4 is 5.32 Å². The van der Waals surface area contributed by atoms with E-state index in [0.29, 0.717) is 22.0 Å². The summed E-state index contributed by atoms with van der Waals surface area (Å²) in [7, 11) is 0. The van der Waals surface area contributed by atoms with Crippen LogP contribution in [-0.4, -0.2) is 21.0 Å². The molecule has 3 rings (SSSR count). The lowest BCUT2D eigenvalue weighted by atomic mass is 10.1. The minimum Gasteiger partial charge on any atom is -0.478 e. The number of halogens is 1. The predicted molar refractivity (Wildman–Crippen MR) is 87.2 cm³/mol. The predicted octanol–water partition coefficient (Wildman–Crippen LogP) is 3.84. The average molecular weight is 327 g/mol. The third-order valence-electron chi connectivity index (χ3n) is 3.47. The van der Waals surface area contributed by atoms with Gasteiger partial charge < -0.3 is 15.4 Å².